The van der Waals surface area contributed by atoms with Gasteiger partial charge in [-0.1, -0.05) is 97.1 Å². The van der Waals surface area contributed by atoms with Crippen LogP contribution in [0.3, 0.4) is 0 Å². The lowest BCUT2D eigenvalue weighted by atomic mass is 9.72. The summed E-state index contributed by atoms with van der Waals surface area (Å²) in [6.07, 6.45) is 6.26. The molecule has 2 atom stereocenters. The van der Waals surface area contributed by atoms with Crippen molar-refractivity contribution in [3.8, 4) is 33.8 Å². The first-order valence-corrected chi connectivity index (χ1v) is 18.4. The molecule has 8 nitrogen and oxygen atoms in total. The summed E-state index contributed by atoms with van der Waals surface area (Å²) < 4.78 is 0. The van der Waals surface area contributed by atoms with E-state index in [-0.39, 0.29) is 24.0 Å². The van der Waals surface area contributed by atoms with Crippen molar-refractivity contribution in [2.24, 2.45) is 17.8 Å². The van der Waals surface area contributed by atoms with Crippen molar-refractivity contribution in [2.45, 2.75) is 46.5 Å². The van der Waals surface area contributed by atoms with Crippen molar-refractivity contribution < 1.29 is 14.4 Å². The first-order valence-electron chi connectivity index (χ1n) is 18.4. The zero-order valence-corrected chi connectivity index (χ0v) is 30.8. The third-order valence-electron chi connectivity index (χ3n) is 10.3. The Bertz CT molecular complexity index is 2030. The van der Waals surface area contributed by atoms with Gasteiger partial charge in [-0.05, 0) is 74.4 Å². The summed E-state index contributed by atoms with van der Waals surface area (Å²) in [5.74, 6) is -2.06. The molecule has 54 heavy (non-hydrogen) atoms. The maximum Gasteiger partial charge on any atom is 0.227 e. The standard InChI is InChI=1S/C46H43N5O3/c1-29-19-32(26-47-42(29)33-13-7-4-8-14-33)22-41(52)36-23-37(45(53)50-39-20-30(2)43(48-27-39)34-15-9-5-10-16-34)25-38(24-36)46(54)51-40-21-31(3)44(49-28-40)35-17-11-6-12-18-35/h4-21,26-28,36-38H,22-25H2,1-3H3,(H,50,53)(H,51,54). The summed E-state index contributed by atoms with van der Waals surface area (Å²) in [4.78, 5) is 55.8. The minimum absolute atomic E-state index is 0.00610. The molecular weight excluding hydrogens is 671 g/mol. The van der Waals surface area contributed by atoms with Crippen molar-refractivity contribution in [2.75, 3.05) is 10.6 Å². The molecule has 0 bridgehead atoms. The number of rotatable bonds is 10. The number of anilines is 2. The van der Waals surface area contributed by atoms with Gasteiger partial charge in [0.05, 0.1) is 40.9 Å². The number of carbonyl (C=O) groups excluding carboxylic acids is 3. The second-order valence-electron chi connectivity index (χ2n) is 14.3. The summed E-state index contributed by atoms with van der Waals surface area (Å²) in [6, 6.07) is 35.6. The molecule has 1 saturated carbocycles. The molecule has 0 saturated heterocycles. The van der Waals surface area contributed by atoms with Crippen LogP contribution in [-0.4, -0.2) is 32.5 Å². The fraction of sp³-hybridized carbons (Fsp3) is 0.217. The number of ketones is 1. The lowest BCUT2D eigenvalue weighted by Gasteiger charge is -2.33. The van der Waals surface area contributed by atoms with Crippen LogP contribution >= 0.6 is 0 Å². The fourth-order valence-electron chi connectivity index (χ4n) is 7.55. The van der Waals surface area contributed by atoms with Crippen molar-refractivity contribution >= 4 is 29.0 Å². The van der Waals surface area contributed by atoms with Crippen LogP contribution in [-0.2, 0) is 20.8 Å². The van der Waals surface area contributed by atoms with E-state index in [2.05, 4.69) is 20.6 Å². The number of nitrogens with one attached hydrogen (secondary N) is 2. The van der Waals surface area contributed by atoms with E-state index in [1.807, 2.05) is 130 Å². The molecule has 1 fully saturated rings. The predicted octanol–water partition coefficient (Wildman–Crippen LogP) is 9.22. The Morgan fingerprint density at radius 1 is 0.519 bits per heavy atom. The third kappa shape index (κ3) is 8.34. The molecule has 3 heterocycles. The number of hydrogen-bond donors (Lipinski definition) is 2. The number of nitrogens with zero attached hydrogens (tertiary/aromatic N) is 3. The van der Waals surface area contributed by atoms with Gasteiger partial charge in [-0.15, -0.1) is 0 Å². The van der Waals surface area contributed by atoms with Crippen LogP contribution in [0.15, 0.2) is 128 Å². The van der Waals surface area contributed by atoms with Crippen LogP contribution in [0.1, 0.15) is 41.5 Å². The number of benzene rings is 3. The molecule has 0 spiro atoms. The van der Waals surface area contributed by atoms with Gasteiger partial charge in [0, 0.05) is 47.1 Å². The smallest absolute Gasteiger partial charge is 0.227 e. The largest absolute Gasteiger partial charge is 0.324 e. The third-order valence-corrected chi connectivity index (χ3v) is 10.3. The number of aromatic nitrogens is 3. The minimum Gasteiger partial charge on any atom is -0.324 e. The number of hydrogen-bond acceptors (Lipinski definition) is 6. The normalized spacial score (nSPS) is 16.7. The Kier molecular flexibility index (Phi) is 10.8. The molecule has 270 valence electrons. The molecule has 3 aromatic carbocycles. The highest BCUT2D eigenvalue weighted by Gasteiger charge is 2.39. The molecule has 2 amide bonds. The van der Waals surface area contributed by atoms with E-state index in [4.69, 9.17) is 4.98 Å². The lowest BCUT2D eigenvalue weighted by molar-refractivity contribution is -0.130. The van der Waals surface area contributed by atoms with Gasteiger partial charge in [-0.2, -0.15) is 0 Å². The van der Waals surface area contributed by atoms with E-state index in [1.54, 1.807) is 18.6 Å². The van der Waals surface area contributed by atoms with Crippen LogP contribution in [0.4, 0.5) is 11.4 Å². The number of carbonyl (C=O) groups is 3. The molecule has 7 rings (SSSR count). The SMILES string of the molecule is Cc1cc(CC(=O)C2CC(C(=O)Nc3cnc(-c4ccccc4)c(C)c3)CC(C(=O)Nc3cnc(-c4ccccc4)c(C)c3)C2)cnc1-c1ccccc1. The highest BCUT2D eigenvalue weighted by Crippen LogP contribution is 2.37. The Hall–Kier alpha value is -6.28. The predicted molar refractivity (Wildman–Crippen MR) is 214 cm³/mol. The summed E-state index contributed by atoms with van der Waals surface area (Å²) in [5.41, 5.74) is 10.4. The molecule has 1 aliphatic carbocycles. The zero-order valence-electron chi connectivity index (χ0n) is 30.8. The summed E-state index contributed by atoms with van der Waals surface area (Å²) in [7, 11) is 0. The van der Waals surface area contributed by atoms with Crippen LogP contribution in [0.2, 0.25) is 0 Å². The molecule has 0 radical (unpaired) electrons. The average Bonchev–Trinajstić information content (AvgIpc) is 3.19. The Balaban J connectivity index is 1.09. The highest BCUT2D eigenvalue weighted by atomic mass is 16.2. The lowest BCUT2D eigenvalue weighted by Crippen LogP contribution is -2.39. The summed E-state index contributed by atoms with van der Waals surface area (Å²) >= 11 is 0. The van der Waals surface area contributed by atoms with Gasteiger partial charge in [0.15, 0.2) is 0 Å². The van der Waals surface area contributed by atoms with Crippen molar-refractivity contribution in [3.05, 3.63) is 150 Å². The monoisotopic (exact) mass is 713 g/mol. The fourth-order valence-corrected chi connectivity index (χ4v) is 7.55. The first kappa shape index (κ1) is 36.1. The molecule has 2 unspecified atom stereocenters. The molecule has 8 heteroatoms. The molecule has 2 N–H and O–H groups in total. The molecule has 3 aromatic heterocycles. The Morgan fingerprint density at radius 3 is 1.28 bits per heavy atom. The Labute approximate surface area is 316 Å². The van der Waals surface area contributed by atoms with E-state index in [1.165, 1.54) is 0 Å². The summed E-state index contributed by atoms with van der Waals surface area (Å²) in [6.45, 7) is 5.93. The minimum atomic E-state index is -0.557. The van der Waals surface area contributed by atoms with Crippen LogP contribution in [0, 0.1) is 38.5 Å². The average molecular weight is 714 g/mol. The van der Waals surface area contributed by atoms with Gasteiger partial charge >= 0.3 is 0 Å². The van der Waals surface area contributed by atoms with E-state index < -0.39 is 17.8 Å². The molecule has 6 aromatic rings. The van der Waals surface area contributed by atoms with E-state index in [0.717, 1.165) is 56.0 Å². The number of Topliss-reactive ketones (excluding diaryl/α,β-unsaturated/α-hetero) is 1. The van der Waals surface area contributed by atoms with Gasteiger partial charge in [0.1, 0.15) is 5.78 Å². The van der Waals surface area contributed by atoms with Gasteiger partial charge < -0.3 is 10.6 Å². The van der Waals surface area contributed by atoms with Crippen molar-refractivity contribution in [1.29, 1.82) is 0 Å². The van der Waals surface area contributed by atoms with Crippen LogP contribution in [0.25, 0.3) is 33.8 Å². The second-order valence-corrected chi connectivity index (χ2v) is 14.3. The van der Waals surface area contributed by atoms with Gasteiger partial charge in [0.2, 0.25) is 11.8 Å². The van der Waals surface area contributed by atoms with Crippen LogP contribution < -0.4 is 10.6 Å². The first-order chi connectivity index (χ1) is 26.2. The maximum atomic E-state index is 14.0. The number of amides is 2. The maximum absolute atomic E-state index is 14.0. The highest BCUT2D eigenvalue weighted by molar-refractivity contribution is 5.97. The molecule has 0 aliphatic heterocycles. The Morgan fingerprint density at radius 2 is 0.889 bits per heavy atom. The van der Waals surface area contributed by atoms with Crippen LogP contribution in [0.5, 0.6) is 0 Å². The van der Waals surface area contributed by atoms with Crippen molar-refractivity contribution in [1.82, 2.24) is 15.0 Å². The van der Waals surface area contributed by atoms with E-state index >= 15 is 0 Å². The van der Waals surface area contributed by atoms with Gasteiger partial charge in [0.25, 0.3) is 0 Å². The van der Waals surface area contributed by atoms with E-state index in [0.29, 0.717) is 30.6 Å². The topological polar surface area (TPSA) is 114 Å². The summed E-state index contributed by atoms with van der Waals surface area (Å²) in [5, 5.41) is 6.09. The second kappa shape index (κ2) is 16.2. The van der Waals surface area contributed by atoms with E-state index in [9.17, 15) is 14.4 Å². The van der Waals surface area contributed by atoms with Crippen molar-refractivity contribution in [3.63, 3.8) is 0 Å². The zero-order chi connectivity index (χ0) is 37.6. The number of pyridine rings is 3. The van der Waals surface area contributed by atoms with Gasteiger partial charge in [-0.25, -0.2) is 0 Å². The molecular formula is C46H43N5O3. The number of aryl methyl sites for hydroxylation is 3. The molecule has 1 aliphatic rings. The quantitative estimate of drug-likeness (QED) is 0.146. The van der Waals surface area contributed by atoms with Gasteiger partial charge in [-0.3, -0.25) is 29.3 Å².